The van der Waals surface area contributed by atoms with Gasteiger partial charge in [0.25, 0.3) is 0 Å². The van der Waals surface area contributed by atoms with Gasteiger partial charge in [-0.05, 0) is 24.7 Å². The maximum atomic E-state index is 10.4. The first-order chi connectivity index (χ1) is 12.0. The van der Waals surface area contributed by atoms with Crippen molar-refractivity contribution in [3.8, 4) is 0 Å². The Kier molecular flexibility index (Phi) is 16.4. The van der Waals surface area contributed by atoms with Crippen LogP contribution in [0.2, 0.25) is 0 Å². The minimum absolute atomic E-state index is 0.122. The molecule has 0 aliphatic rings. The van der Waals surface area contributed by atoms with Crippen LogP contribution >= 0.6 is 0 Å². The summed E-state index contributed by atoms with van der Waals surface area (Å²) in [6.45, 7) is 4.29. The van der Waals surface area contributed by atoms with Crippen LogP contribution in [0.3, 0.4) is 0 Å². The van der Waals surface area contributed by atoms with Crippen LogP contribution in [0.15, 0.2) is 0 Å². The number of aliphatic hydroxyl groups is 2. The molecular weight excluding hydrogens is 316 g/mol. The van der Waals surface area contributed by atoms with E-state index < -0.39 is 12.1 Å². The molecule has 0 heterocycles. The van der Waals surface area contributed by atoms with E-state index in [2.05, 4.69) is 13.8 Å². The van der Waals surface area contributed by atoms with E-state index in [0.29, 0.717) is 18.3 Å². The summed E-state index contributed by atoms with van der Waals surface area (Å²) >= 11 is 0. The maximum Gasteiger partial charge on any atom is 0.303 e. The van der Waals surface area contributed by atoms with Gasteiger partial charge in [-0.3, -0.25) is 4.79 Å². The molecule has 0 bridgehead atoms. The minimum Gasteiger partial charge on any atom is -0.481 e. The molecule has 4 nitrogen and oxygen atoms in total. The van der Waals surface area contributed by atoms with Gasteiger partial charge in [0.2, 0.25) is 0 Å². The number of hydrogen-bond acceptors (Lipinski definition) is 3. The number of carboxylic acid groups (broad SMARTS) is 1. The van der Waals surface area contributed by atoms with Gasteiger partial charge < -0.3 is 15.3 Å². The fraction of sp³-hybridized carbons (Fsp3) is 0.952. The van der Waals surface area contributed by atoms with Gasteiger partial charge in [-0.1, -0.05) is 84.5 Å². The van der Waals surface area contributed by atoms with E-state index in [1.54, 1.807) is 0 Å². The van der Waals surface area contributed by atoms with Crippen LogP contribution in [-0.2, 0) is 4.79 Å². The summed E-state index contributed by atoms with van der Waals surface area (Å²) in [4.78, 5) is 10.4. The van der Waals surface area contributed by atoms with E-state index in [1.165, 1.54) is 57.8 Å². The summed E-state index contributed by atoms with van der Waals surface area (Å²) < 4.78 is 0. The van der Waals surface area contributed by atoms with E-state index >= 15 is 0 Å². The van der Waals surface area contributed by atoms with Crippen molar-refractivity contribution in [2.45, 2.75) is 110 Å². The third-order valence-electron chi connectivity index (χ3n) is 5.19. The van der Waals surface area contributed by atoms with Crippen molar-refractivity contribution in [2.75, 3.05) is 6.61 Å². The summed E-state index contributed by atoms with van der Waals surface area (Å²) in [6, 6.07) is 0. The van der Waals surface area contributed by atoms with Crippen LogP contribution in [0.1, 0.15) is 104 Å². The quantitative estimate of drug-likeness (QED) is 0.296. The summed E-state index contributed by atoms with van der Waals surface area (Å²) in [5.41, 5.74) is 0. The molecule has 2 unspecified atom stereocenters. The molecule has 150 valence electrons. The Bertz CT molecular complexity index is 304. The van der Waals surface area contributed by atoms with Gasteiger partial charge in [0, 0.05) is 6.42 Å². The van der Waals surface area contributed by atoms with Crippen molar-refractivity contribution < 1.29 is 20.1 Å². The molecule has 0 radical (unpaired) electrons. The van der Waals surface area contributed by atoms with E-state index in [9.17, 15) is 9.90 Å². The average molecular weight is 359 g/mol. The highest BCUT2D eigenvalue weighted by atomic mass is 16.4. The smallest absolute Gasteiger partial charge is 0.303 e. The molecule has 2 atom stereocenters. The molecule has 0 fully saturated rings. The SMILES string of the molecule is CC(C)C(CCCCCCCCCCCCCC(=O)O)CC(O)CO. The van der Waals surface area contributed by atoms with Gasteiger partial charge in [-0.25, -0.2) is 0 Å². The fourth-order valence-electron chi connectivity index (χ4n) is 3.42. The Hall–Kier alpha value is -0.610. The van der Waals surface area contributed by atoms with Gasteiger partial charge in [-0.2, -0.15) is 0 Å². The van der Waals surface area contributed by atoms with Crippen LogP contribution in [-0.4, -0.2) is 34.0 Å². The normalized spacial score (nSPS) is 14.0. The van der Waals surface area contributed by atoms with Gasteiger partial charge in [0.05, 0.1) is 12.7 Å². The molecular formula is C21H42O4. The fourth-order valence-corrected chi connectivity index (χ4v) is 3.42. The molecule has 0 saturated heterocycles. The summed E-state index contributed by atoms with van der Waals surface area (Å²) in [7, 11) is 0. The van der Waals surface area contributed by atoms with Crippen LogP contribution in [0, 0.1) is 11.8 Å². The molecule has 4 heteroatoms. The lowest BCUT2D eigenvalue weighted by Crippen LogP contribution is -2.20. The van der Waals surface area contributed by atoms with E-state index in [1.807, 2.05) is 0 Å². The minimum atomic E-state index is -0.677. The van der Waals surface area contributed by atoms with E-state index in [-0.39, 0.29) is 6.61 Å². The topological polar surface area (TPSA) is 77.8 Å². The summed E-state index contributed by atoms with van der Waals surface area (Å²) in [5, 5.41) is 27.2. The predicted molar refractivity (Wildman–Crippen MR) is 104 cm³/mol. The number of aliphatic hydroxyl groups excluding tert-OH is 2. The number of hydrogen-bond donors (Lipinski definition) is 3. The zero-order chi connectivity index (χ0) is 18.9. The number of unbranched alkanes of at least 4 members (excludes halogenated alkanes) is 10. The highest BCUT2D eigenvalue weighted by Crippen LogP contribution is 2.24. The molecule has 0 aliphatic heterocycles. The second-order valence-electron chi connectivity index (χ2n) is 7.90. The van der Waals surface area contributed by atoms with Crippen LogP contribution in [0.5, 0.6) is 0 Å². The van der Waals surface area contributed by atoms with E-state index in [4.69, 9.17) is 10.2 Å². The van der Waals surface area contributed by atoms with Gasteiger partial charge in [0.15, 0.2) is 0 Å². The van der Waals surface area contributed by atoms with Crippen molar-refractivity contribution in [2.24, 2.45) is 11.8 Å². The van der Waals surface area contributed by atoms with Crippen molar-refractivity contribution in [1.29, 1.82) is 0 Å². The molecule has 0 saturated carbocycles. The van der Waals surface area contributed by atoms with Crippen molar-refractivity contribution in [1.82, 2.24) is 0 Å². The average Bonchev–Trinajstić information content (AvgIpc) is 2.57. The number of aliphatic carboxylic acids is 1. The van der Waals surface area contributed by atoms with E-state index in [0.717, 1.165) is 25.7 Å². The first-order valence-corrected chi connectivity index (χ1v) is 10.5. The van der Waals surface area contributed by atoms with Gasteiger partial charge >= 0.3 is 5.97 Å². The number of carboxylic acids is 1. The zero-order valence-electron chi connectivity index (χ0n) is 16.6. The maximum absolute atomic E-state index is 10.4. The lowest BCUT2D eigenvalue weighted by molar-refractivity contribution is -0.137. The molecule has 0 aromatic carbocycles. The molecule has 0 rings (SSSR count). The van der Waals surface area contributed by atoms with Gasteiger partial charge in [-0.15, -0.1) is 0 Å². The summed E-state index contributed by atoms with van der Waals surface area (Å²) in [6.07, 6.45) is 14.9. The van der Waals surface area contributed by atoms with Crippen molar-refractivity contribution >= 4 is 5.97 Å². The molecule has 0 aromatic heterocycles. The monoisotopic (exact) mass is 358 g/mol. The second kappa shape index (κ2) is 16.8. The Morgan fingerprint density at radius 3 is 1.64 bits per heavy atom. The molecule has 25 heavy (non-hydrogen) atoms. The second-order valence-corrected chi connectivity index (χ2v) is 7.90. The van der Waals surface area contributed by atoms with Crippen LogP contribution < -0.4 is 0 Å². The lowest BCUT2D eigenvalue weighted by Gasteiger charge is -2.22. The molecule has 0 aromatic rings. The molecule has 0 spiro atoms. The predicted octanol–water partition coefficient (Wildman–Crippen LogP) is 5.16. The highest BCUT2D eigenvalue weighted by Gasteiger charge is 2.17. The largest absolute Gasteiger partial charge is 0.481 e. The zero-order valence-corrected chi connectivity index (χ0v) is 16.6. The first-order valence-electron chi connectivity index (χ1n) is 10.5. The lowest BCUT2D eigenvalue weighted by atomic mass is 9.85. The summed E-state index contributed by atoms with van der Waals surface area (Å²) in [5.74, 6) is 0.407. The van der Waals surface area contributed by atoms with Crippen LogP contribution in [0.25, 0.3) is 0 Å². The Balaban J connectivity index is 3.38. The Morgan fingerprint density at radius 1 is 0.800 bits per heavy atom. The van der Waals surface area contributed by atoms with Crippen LogP contribution in [0.4, 0.5) is 0 Å². The first kappa shape index (κ1) is 24.4. The Labute approximate surface area is 155 Å². The Morgan fingerprint density at radius 2 is 1.24 bits per heavy atom. The van der Waals surface area contributed by atoms with Gasteiger partial charge in [0.1, 0.15) is 0 Å². The standard InChI is InChI=1S/C21H42O4/c1-18(2)19(16-20(23)17-22)14-12-10-8-6-4-3-5-7-9-11-13-15-21(24)25/h18-20,22-23H,3-17H2,1-2H3,(H,24,25). The third-order valence-corrected chi connectivity index (χ3v) is 5.19. The number of carbonyl (C=O) groups is 1. The number of rotatable bonds is 18. The third kappa shape index (κ3) is 16.6. The van der Waals surface area contributed by atoms with Crippen molar-refractivity contribution in [3.63, 3.8) is 0 Å². The molecule has 0 amide bonds. The molecule has 3 N–H and O–H groups in total. The highest BCUT2D eigenvalue weighted by molar-refractivity contribution is 5.66. The molecule has 0 aliphatic carbocycles. The van der Waals surface area contributed by atoms with Crippen molar-refractivity contribution in [3.05, 3.63) is 0 Å².